The molecule has 4 N–H and O–H groups in total. The van der Waals surface area contributed by atoms with Gasteiger partial charge < -0.3 is 5.73 Å². The van der Waals surface area contributed by atoms with Gasteiger partial charge in [0, 0.05) is 27.9 Å². The molecule has 0 spiro atoms. The van der Waals surface area contributed by atoms with Crippen molar-refractivity contribution in [2.24, 2.45) is 4.99 Å². The molecule has 1 aromatic carbocycles. The molecule has 0 radical (unpaired) electrons. The van der Waals surface area contributed by atoms with E-state index in [4.69, 9.17) is 33.1 Å². The minimum atomic E-state index is 0.188. The predicted molar refractivity (Wildman–Crippen MR) is 129 cm³/mol. The van der Waals surface area contributed by atoms with E-state index in [0.29, 0.717) is 10.8 Å². The van der Waals surface area contributed by atoms with Crippen LogP contribution in [0.15, 0.2) is 47.6 Å². The van der Waals surface area contributed by atoms with Crippen molar-refractivity contribution >= 4 is 51.1 Å². The zero-order valence-electron chi connectivity index (χ0n) is 17.0. The molecule has 0 fully saturated rings. The summed E-state index contributed by atoms with van der Waals surface area (Å²) in [6.07, 6.45) is 1.64. The first kappa shape index (κ1) is 20.8. The number of hydrogen-bond donors (Lipinski definition) is 3. The number of nitrogen functional groups attached to an aromatic ring is 1. The highest BCUT2D eigenvalue weighted by atomic mass is 35.5. The van der Waals surface area contributed by atoms with Crippen LogP contribution in [0.25, 0.3) is 0 Å². The van der Waals surface area contributed by atoms with Gasteiger partial charge in [-0.2, -0.15) is 0 Å². The van der Waals surface area contributed by atoms with Gasteiger partial charge in [0.25, 0.3) is 0 Å². The Balaban J connectivity index is 1.88. The number of nitrogens with two attached hydrogens (primary N) is 1. The van der Waals surface area contributed by atoms with Gasteiger partial charge in [-0.15, -0.1) is 11.3 Å². The normalized spacial score (nSPS) is 13.1. The highest BCUT2D eigenvalue weighted by Crippen LogP contribution is 2.39. The second-order valence-electron chi connectivity index (χ2n) is 7.00. The van der Waals surface area contributed by atoms with Crippen LogP contribution >= 0.6 is 22.9 Å². The third-order valence-corrected chi connectivity index (χ3v) is 6.23. The van der Waals surface area contributed by atoms with Gasteiger partial charge >= 0.3 is 0 Å². The molecule has 3 heterocycles. The number of halogens is 1. The summed E-state index contributed by atoms with van der Waals surface area (Å²) in [5.74, 6) is 7.32. The molecule has 31 heavy (non-hydrogen) atoms. The van der Waals surface area contributed by atoms with E-state index in [2.05, 4.69) is 16.8 Å². The minimum Gasteiger partial charge on any atom is -0.384 e. The predicted octanol–water partition coefficient (Wildman–Crippen LogP) is 4.72. The van der Waals surface area contributed by atoms with Crippen molar-refractivity contribution < 1.29 is 0 Å². The molecule has 3 aromatic rings. The van der Waals surface area contributed by atoms with Gasteiger partial charge in [0.1, 0.15) is 22.5 Å². The zero-order chi connectivity index (χ0) is 22.1. The molecule has 0 amide bonds. The first-order valence-corrected chi connectivity index (χ1v) is 10.6. The van der Waals surface area contributed by atoms with Crippen LogP contribution in [0.3, 0.4) is 0 Å². The fourth-order valence-electron chi connectivity index (χ4n) is 3.29. The van der Waals surface area contributed by atoms with E-state index in [1.54, 1.807) is 24.1 Å². The molecular weight excluding hydrogens is 428 g/mol. The monoisotopic (exact) mass is 446 g/mol. The number of anilines is 2. The molecule has 0 aliphatic carbocycles. The number of hydrogen-bond acceptors (Lipinski definition) is 6. The van der Waals surface area contributed by atoms with E-state index in [0.717, 1.165) is 37.8 Å². The van der Waals surface area contributed by atoms with E-state index in [-0.39, 0.29) is 18.2 Å². The van der Waals surface area contributed by atoms with Crippen molar-refractivity contribution in [1.82, 2.24) is 4.98 Å². The lowest BCUT2D eigenvalue weighted by Crippen LogP contribution is -2.35. The number of rotatable bonds is 1. The van der Waals surface area contributed by atoms with Gasteiger partial charge in [0.15, 0.2) is 0 Å². The molecule has 0 unspecified atom stereocenters. The molecule has 4 rings (SSSR count). The molecule has 0 bridgehead atoms. The number of amidine groups is 2. The Morgan fingerprint density at radius 1 is 1.19 bits per heavy atom. The number of benzene rings is 1. The van der Waals surface area contributed by atoms with Crippen LogP contribution in [0, 0.1) is 29.6 Å². The summed E-state index contributed by atoms with van der Waals surface area (Å²) in [5.41, 5.74) is 9.95. The van der Waals surface area contributed by atoms with E-state index in [1.165, 1.54) is 11.3 Å². The number of aromatic nitrogens is 1. The Bertz CT molecular complexity index is 1280. The maximum absolute atomic E-state index is 8.48. The van der Waals surface area contributed by atoms with E-state index < -0.39 is 0 Å². The highest BCUT2D eigenvalue weighted by molar-refractivity contribution is 7.17. The maximum Gasteiger partial charge on any atom is 0.129 e. The molecule has 2 aromatic heterocycles. The molecule has 0 atom stereocenters. The Hall–Kier alpha value is -3.47. The van der Waals surface area contributed by atoms with Crippen molar-refractivity contribution in [3.8, 4) is 11.8 Å². The molecule has 154 valence electrons. The summed E-state index contributed by atoms with van der Waals surface area (Å²) in [6, 6.07) is 11.0. The molecule has 1 aliphatic heterocycles. The molecule has 1 aliphatic rings. The van der Waals surface area contributed by atoms with Crippen LogP contribution in [0.4, 0.5) is 10.8 Å². The second kappa shape index (κ2) is 8.34. The largest absolute Gasteiger partial charge is 0.384 e. The van der Waals surface area contributed by atoms with Crippen LogP contribution < -0.4 is 10.6 Å². The maximum atomic E-state index is 8.48. The molecular formula is C23H19ClN6S. The van der Waals surface area contributed by atoms with Crippen LogP contribution in [-0.2, 0) is 0 Å². The fraction of sp³-hybridized carbons (Fsp3) is 0.130. The summed E-state index contributed by atoms with van der Waals surface area (Å²) in [7, 11) is 0. The van der Waals surface area contributed by atoms with Gasteiger partial charge in [-0.05, 0) is 43.7 Å². The van der Waals surface area contributed by atoms with Gasteiger partial charge in [-0.3, -0.25) is 20.7 Å². The fourth-order valence-corrected chi connectivity index (χ4v) is 4.65. The van der Waals surface area contributed by atoms with Crippen LogP contribution in [-0.4, -0.2) is 28.9 Å². The first-order valence-electron chi connectivity index (χ1n) is 9.45. The second-order valence-corrected chi connectivity index (χ2v) is 8.43. The summed E-state index contributed by atoms with van der Waals surface area (Å²) in [5, 5.41) is 18.2. The smallest absolute Gasteiger partial charge is 0.129 e. The van der Waals surface area contributed by atoms with Gasteiger partial charge in [0.05, 0.1) is 17.1 Å². The van der Waals surface area contributed by atoms with Crippen molar-refractivity contribution in [1.29, 1.82) is 10.8 Å². The minimum absolute atomic E-state index is 0.188. The molecule has 0 saturated carbocycles. The van der Waals surface area contributed by atoms with Gasteiger partial charge in [-0.25, -0.2) is 4.98 Å². The number of pyridine rings is 1. The third kappa shape index (κ3) is 4.08. The lowest BCUT2D eigenvalue weighted by atomic mass is 9.99. The van der Waals surface area contributed by atoms with E-state index >= 15 is 0 Å². The topological polar surface area (TPSA) is 102 Å². The number of fused-ring (bicyclic) bond motifs is 1. The summed E-state index contributed by atoms with van der Waals surface area (Å²) in [6.45, 7) is 3.86. The number of nitrogens with one attached hydrogen (secondary N) is 2. The van der Waals surface area contributed by atoms with Crippen LogP contribution in [0.2, 0.25) is 5.02 Å². The van der Waals surface area contributed by atoms with Gasteiger partial charge in [-0.1, -0.05) is 35.6 Å². The average Bonchev–Trinajstić information content (AvgIpc) is 2.96. The number of thiophene rings is 1. The van der Waals surface area contributed by atoms with E-state index in [9.17, 15) is 0 Å². The van der Waals surface area contributed by atoms with Crippen LogP contribution in [0.5, 0.6) is 0 Å². The average molecular weight is 447 g/mol. The Kier molecular flexibility index (Phi) is 5.59. The Morgan fingerprint density at radius 3 is 2.58 bits per heavy atom. The van der Waals surface area contributed by atoms with E-state index in [1.807, 2.05) is 37.3 Å². The Morgan fingerprint density at radius 2 is 1.94 bits per heavy atom. The first-order chi connectivity index (χ1) is 14.8. The quantitative estimate of drug-likeness (QED) is 0.286. The van der Waals surface area contributed by atoms with Crippen molar-refractivity contribution in [3.63, 3.8) is 0 Å². The zero-order valence-corrected chi connectivity index (χ0v) is 18.5. The number of aliphatic imine (C=N–C) groups is 1. The standard InChI is InChI=1S/C23H19ClN6S/c1-13-18(9-3-15-4-10-19(26)28-11-15)31-23-21(13)22(16-5-7-17(24)8-6-16)29-12-20(27)30(23)14(2)25/h4-8,10-11,25,27H,12H2,1-2H3,(H2,26,28). The Labute approximate surface area is 189 Å². The SMILES string of the molecule is CC(=N)N1C(=N)CN=C(c2ccc(Cl)cc2)c2c1sc(C#Cc1ccc(N)nc1)c2C. The molecule has 6 nitrogen and oxygen atoms in total. The molecule has 8 heteroatoms. The number of nitrogens with zero attached hydrogens (tertiary/aromatic N) is 3. The molecule has 0 saturated heterocycles. The summed E-state index contributed by atoms with van der Waals surface area (Å²) in [4.78, 5) is 11.3. The summed E-state index contributed by atoms with van der Waals surface area (Å²) >= 11 is 7.53. The van der Waals surface area contributed by atoms with Gasteiger partial charge in [0.2, 0.25) is 0 Å². The third-order valence-electron chi connectivity index (χ3n) is 4.78. The van der Waals surface area contributed by atoms with Crippen molar-refractivity contribution in [2.75, 3.05) is 17.2 Å². The lowest BCUT2D eigenvalue weighted by Gasteiger charge is -2.20. The van der Waals surface area contributed by atoms with Crippen molar-refractivity contribution in [3.05, 3.63) is 74.7 Å². The van der Waals surface area contributed by atoms with Crippen LogP contribution in [0.1, 0.15) is 34.1 Å². The highest BCUT2D eigenvalue weighted by Gasteiger charge is 2.29. The summed E-state index contributed by atoms with van der Waals surface area (Å²) < 4.78 is 0. The van der Waals surface area contributed by atoms with Crippen molar-refractivity contribution in [2.45, 2.75) is 13.8 Å². The lowest BCUT2D eigenvalue weighted by molar-refractivity contribution is 1.20.